The van der Waals surface area contributed by atoms with Gasteiger partial charge in [-0.15, -0.1) is 0 Å². The van der Waals surface area contributed by atoms with Crippen molar-refractivity contribution in [1.82, 2.24) is 10.6 Å². The van der Waals surface area contributed by atoms with Crippen molar-refractivity contribution in [1.29, 1.82) is 0 Å². The summed E-state index contributed by atoms with van der Waals surface area (Å²) in [6, 6.07) is 3.26. The molecule has 0 bridgehead atoms. The van der Waals surface area contributed by atoms with Crippen LogP contribution in [0.15, 0.2) is 18.2 Å². The first kappa shape index (κ1) is 23.9. The predicted molar refractivity (Wildman–Crippen MR) is 107 cm³/mol. The lowest BCUT2D eigenvalue weighted by molar-refractivity contribution is -0.128. The number of amides is 3. The number of benzene rings is 1. The summed E-state index contributed by atoms with van der Waals surface area (Å²) >= 11 is 0. The second kappa shape index (κ2) is 11.7. The van der Waals surface area contributed by atoms with E-state index in [2.05, 4.69) is 20.7 Å². The quantitative estimate of drug-likeness (QED) is 0.344. The number of carbonyl (C=O) groups is 4. The summed E-state index contributed by atoms with van der Waals surface area (Å²) in [5.74, 6) is -2.12. The Bertz CT molecular complexity index is 748. The second-order valence-corrected chi connectivity index (χ2v) is 6.91. The number of rotatable bonds is 10. The monoisotopic (exact) mass is 407 g/mol. The summed E-state index contributed by atoms with van der Waals surface area (Å²) in [7, 11) is 1.20. The summed E-state index contributed by atoms with van der Waals surface area (Å²) in [4.78, 5) is 47.2. The van der Waals surface area contributed by atoms with Crippen LogP contribution in [-0.2, 0) is 19.1 Å². The molecule has 0 saturated heterocycles. The Morgan fingerprint density at radius 1 is 1.10 bits per heavy atom. The maximum atomic E-state index is 12.7. The molecule has 0 spiro atoms. The highest BCUT2D eigenvalue weighted by molar-refractivity contribution is 5.98. The Labute approximate surface area is 170 Å². The Balaban J connectivity index is 2.79. The fourth-order valence-electron chi connectivity index (χ4n) is 2.47. The van der Waals surface area contributed by atoms with E-state index >= 15 is 0 Å². The van der Waals surface area contributed by atoms with Crippen molar-refractivity contribution in [2.24, 2.45) is 5.92 Å². The van der Waals surface area contributed by atoms with Gasteiger partial charge in [-0.25, -0.2) is 4.79 Å². The highest BCUT2D eigenvalue weighted by Gasteiger charge is 2.22. The highest BCUT2D eigenvalue weighted by atomic mass is 16.5. The lowest BCUT2D eigenvalue weighted by Crippen LogP contribution is -2.45. The maximum Gasteiger partial charge on any atom is 0.341 e. The zero-order valence-corrected chi connectivity index (χ0v) is 17.2. The number of ether oxygens (including phenoxy) is 1. The van der Waals surface area contributed by atoms with Crippen LogP contribution in [0.2, 0.25) is 0 Å². The van der Waals surface area contributed by atoms with E-state index in [4.69, 9.17) is 0 Å². The van der Waals surface area contributed by atoms with Crippen LogP contribution in [0, 0.1) is 5.92 Å². The molecule has 0 heterocycles. The molecule has 1 atom stereocenters. The summed E-state index contributed by atoms with van der Waals surface area (Å²) in [5.41, 5.74) is 0.260. The molecule has 1 rings (SSSR count). The van der Waals surface area contributed by atoms with Gasteiger partial charge in [0.15, 0.2) is 0 Å². The molecular weight excluding hydrogens is 378 g/mol. The first-order valence-electron chi connectivity index (χ1n) is 9.42. The molecule has 0 aliphatic heterocycles. The van der Waals surface area contributed by atoms with Crippen molar-refractivity contribution in [2.75, 3.05) is 19.0 Å². The summed E-state index contributed by atoms with van der Waals surface area (Å²) in [6.07, 6.45) is 1.66. The van der Waals surface area contributed by atoms with Crippen molar-refractivity contribution < 1.29 is 29.0 Å². The molecule has 0 fully saturated rings. The molecular formula is C20H29N3O6. The summed E-state index contributed by atoms with van der Waals surface area (Å²) in [6.45, 7) is 5.37. The number of esters is 1. The zero-order chi connectivity index (χ0) is 22.0. The molecule has 0 saturated carbocycles. The number of phenols is 1. The van der Waals surface area contributed by atoms with Crippen LogP contribution in [0.5, 0.6) is 5.75 Å². The number of phenolic OH excluding ortho intramolecular Hbond substituents is 1. The standard InChI is InChI=1S/C20H29N3O6/c1-12(2)18(26)23-16(7-5-6-10-21-13(3)24)19(27)22-14-8-9-15(17(25)11-14)20(28)29-4/h8-9,11-12,16,25H,5-7,10H2,1-4H3,(H,21,24)(H,22,27)(H,23,26)/t16-/m0/s1. The third-order valence-corrected chi connectivity index (χ3v) is 4.12. The van der Waals surface area contributed by atoms with Gasteiger partial charge >= 0.3 is 5.97 Å². The van der Waals surface area contributed by atoms with Crippen molar-refractivity contribution >= 4 is 29.4 Å². The smallest absolute Gasteiger partial charge is 0.341 e. The van der Waals surface area contributed by atoms with Crippen LogP contribution in [-0.4, -0.2) is 48.5 Å². The van der Waals surface area contributed by atoms with E-state index in [1.807, 2.05) is 0 Å². The molecule has 0 aliphatic carbocycles. The first-order valence-corrected chi connectivity index (χ1v) is 9.42. The van der Waals surface area contributed by atoms with Crippen molar-refractivity contribution in [3.8, 4) is 5.75 Å². The minimum Gasteiger partial charge on any atom is -0.507 e. The topological polar surface area (TPSA) is 134 Å². The van der Waals surface area contributed by atoms with Crippen molar-refractivity contribution in [3.63, 3.8) is 0 Å². The third-order valence-electron chi connectivity index (χ3n) is 4.12. The van der Waals surface area contributed by atoms with Crippen LogP contribution >= 0.6 is 0 Å². The number of hydrogen-bond donors (Lipinski definition) is 4. The molecule has 4 N–H and O–H groups in total. The molecule has 0 aliphatic rings. The van der Waals surface area contributed by atoms with E-state index in [9.17, 15) is 24.3 Å². The van der Waals surface area contributed by atoms with Gasteiger partial charge in [0.05, 0.1) is 7.11 Å². The predicted octanol–water partition coefficient (Wildman–Crippen LogP) is 1.56. The Kier molecular flexibility index (Phi) is 9.64. The largest absolute Gasteiger partial charge is 0.507 e. The van der Waals surface area contributed by atoms with Gasteiger partial charge in [0.1, 0.15) is 17.4 Å². The van der Waals surface area contributed by atoms with Crippen molar-refractivity contribution in [3.05, 3.63) is 23.8 Å². The molecule has 160 valence electrons. The molecule has 1 aromatic carbocycles. The lowest BCUT2D eigenvalue weighted by atomic mass is 10.1. The van der Waals surface area contributed by atoms with Crippen molar-refractivity contribution in [2.45, 2.75) is 46.1 Å². The maximum absolute atomic E-state index is 12.7. The summed E-state index contributed by atoms with van der Waals surface area (Å²) < 4.78 is 4.56. The first-order chi connectivity index (χ1) is 13.6. The van der Waals surface area contributed by atoms with Crippen LogP contribution in [0.4, 0.5) is 5.69 Å². The molecule has 29 heavy (non-hydrogen) atoms. The van der Waals surface area contributed by atoms with E-state index in [1.165, 1.54) is 32.2 Å². The normalized spacial score (nSPS) is 11.5. The van der Waals surface area contributed by atoms with Gasteiger partial charge in [-0.1, -0.05) is 13.8 Å². The number of unbranched alkanes of at least 4 members (excludes halogenated alkanes) is 1. The highest BCUT2D eigenvalue weighted by Crippen LogP contribution is 2.23. The average molecular weight is 407 g/mol. The number of hydrogen-bond acceptors (Lipinski definition) is 6. The Hall–Kier alpha value is -3.10. The Morgan fingerprint density at radius 2 is 1.79 bits per heavy atom. The molecule has 3 amide bonds. The van der Waals surface area contributed by atoms with Crippen LogP contribution in [0.1, 0.15) is 50.4 Å². The van der Waals surface area contributed by atoms with Gasteiger partial charge in [-0.2, -0.15) is 0 Å². The minimum absolute atomic E-state index is 0.0202. The van der Waals surface area contributed by atoms with Gasteiger partial charge < -0.3 is 25.8 Å². The molecule has 0 radical (unpaired) electrons. The van der Waals surface area contributed by atoms with E-state index in [-0.39, 0.29) is 34.7 Å². The number of anilines is 1. The molecule has 9 nitrogen and oxygen atoms in total. The molecule has 0 aromatic heterocycles. The van der Waals surface area contributed by atoms with Gasteiger partial charge in [-0.05, 0) is 31.4 Å². The fourth-order valence-corrected chi connectivity index (χ4v) is 2.47. The molecule has 9 heteroatoms. The van der Waals surface area contributed by atoms with E-state index in [1.54, 1.807) is 13.8 Å². The Morgan fingerprint density at radius 3 is 2.34 bits per heavy atom. The van der Waals surface area contributed by atoms with Crippen LogP contribution < -0.4 is 16.0 Å². The molecule has 1 aromatic rings. The van der Waals surface area contributed by atoms with Crippen LogP contribution in [0.25, 0.3) is 0 Å². The number of aromatic hydroxyl groups is 1. The second-order valence-electron chi connectivity index (χ2n) is 6.91. The van der Waals surface area contributed by atoms with Gasteiger partial charge in [-0.3, -0.25) is 14.4 Å². The van der Waals surface area contributed by atoms with Gasteiger partial charge in [0.2, 0.25) is 17.7 Å². The van der Waals surface area contributed by atoms with E-state index in [0.717, 1.165) is 0 Å². The van der Waals surface area contributed by atoms with E-state index < -0.39 is 17.9 Å². The van der Waals surface area contributed by atoms with Gasteiger partial charge in [0, 0.05) is 31.1 Å². The van der Waals surface area contributed by atoms with Crippen LogP contribution in [0.3, 0.4) is 0 Å². The van der Waals surface area contributed by atoms with Gasteiger partial charge in [0.25, 0.3) is 0 Å². The minimum atomic E-state index is -0.773. The number of carbonyl (C=O) groups excluding carboxylic acids is 4. The number of nitrogens with one attached hydrogen (secondary N) is 3. The lowest BCUT2D eigenvalue weighted by Gasteiger charge is -2.20. The SMILES string of the molecule is COC(=O)c1ccc(NC(=O)[C@H](CCCCNC(C)=O)NC(=O)C(C)C)cc1O. The molecule has 0 unspecified atom stereocenters. The third kappa shape index (κ3) is 8.20. The number of methoxy groups -OCH3 is 1. The average Bonchev–Trinajstić information content (AvgIpc) is 2.65. The fraction of sp³-hybridized carbons (Fsp3) is 0.500. The van der Waals surface area contributed by atoms with E-state index in [0.29, 0.717) is 25.8 Å². The zero-order valence-electron chi connectivity index (χ0n) is 17.2. The summed E-state index contributed by atoms with van der Waals surface area (Å²) in [5, 5.41) is 18.0.